The zero-order chi connectivity index (χ0) is 22.5. The van der Waals surface area contributed by atoms with Gasteiger partial charge in [0.25, 0.3) is 0 Å². The molecule has 172 valence electrons. The van der Waals surface area contributed by atoms with Gasteiger partial charge in [-0.3, -0.25) is 4.79 Å². The van der Waals surface area contributed by atoms with Gasteiger partial charge in [0.15, 0.2) is 5.78 Å². The minimum Gasteiger partial charge on any atom is -0.495 e. The number of benzene rings is 2. The van der Waals surface area contributed by atoms with Crippen LogP contribution in [-0.4, -0.2) is 41.0 Å². The second-order valence-corrected chi connectivity index (χ2v) is 9.00. The number of ketones is 1. The van der Waals surface area contributed by atoms with Gasteiger partial charge in [0.05, 0.1) is 12.6 Å². The third-order valence-corrected chi connectivity index (χ3v) is 6.83. The standard InChI is InChI=1S/C21H27N2O2.C6H4Cl.U/c1-15(24)19-14-22(21-18(19)8-4-9-20(21)25-2)12-5-13-23-16-6-3-7-17(23)11-10-16;7-6-4-2-1-3-5-6;/h3-4,8-9,14,16-17H,5-7,10-13H2,1-2H3;1-4H;/q2*-1;+2. The second kappa shape index (κ2) is 12.5. The van der Waals surface area contributed by atoms with Crippen molar-refractivity contribution in [2.75, 3.05) is 13.7 Å². The van der Waals surface area contributed by atoms with Crippen molar-refractivity contribution in [3.8, 4) is 5.75 Å². The predicted molar refractivity (Wildman–Crippen MR) is 130 cm³/mol. The number of hydrogen-bond acceptors (Lipinski definition) is 3. The molecule has 4 nitrogen and oxygen atoms in total. The number of para-hydroxylation sites is 1. The molecule has 2 unspecified atom stereocenters. The molecule has 2 saturated heterocycles. The van der Waals surface area contributed by atoms with Crippen molar-refractivity contribution in [3.63, 3.8) is 0 Å². The van der Waals surface area contributed by atoms with E-state index in [2.05, 4.69) is 22.0 Å². The number of aromatic nitrogens is 1. The smallest absolute Gasteiger partial charge is 0.495 e. The van der Waals surface area contributed by atoms with Crippen molar-refractivity contribution in [1.29, 1.82) is 0 Å². The fraction of sp³-hybridized carbons (Fsp3) is 0.407. The van der Waals surface area contributed by atoms with Crippen molar-refractivity contribution in [2.45, 2.75) is 57.7 Å². The number of rotatable bonds is 6. The van der Waals surface area contributed by atoms with E-state index in [9.17, 15) is 4.79 Å². The minimum atomic E-state index is 0. The van der Waals surface area contributed by atoms with Crippen LogP contribution in [-0.2, 0) is 6.54 Å². The van der Waals surface area contributed by atoms with Crippen molar-refractivity contribution >= 4 is 28.3 Å². The summed E-state index contributed by atoms with van der Waals surface area (Å²) in [7, 11) is 1.70. The summed E-state index contributed by atoms with van der Waals surface area (Å²) < 4.78 is 7.77. The maximum absolute atomic E-state index is 12.0. The molecule has 3 aromatic rings. The molecule has 2 atom stereocenters. The normalized spacial score (nSPS) is 19.5. The van der Waals surface area contributed by atoms with Crippen LogP contribution in [0.25, 0.3) is 10.9 Å². The SMILES string of the molecule is COc1cccc2c(C(C)=O)cn(CCCN3C4C[CH-]CC3CC4)c12.Clc1[c-]cccc1.[U+2]. The van der Waals surface area contributed by atoms with E-state index in [1.807, 2.05) is 36.5 Å². The fourth-order valence-corrected chi connectivity index (χ4v) is 5.25. The first-order chi connectivity index (χ1) is 15.6. The summed E-state index contributed by atoms with van der Waals surface area (Å²) in [5.41, 5.74) is 1.84. The molecule has 2 bridgehead atoms. The molecule has 0 spiro atoms. The number of Topliss-reactive ketones (excluding diaryl/α,β-unsaturated/α-hetero) is 1. The Morgan fingerprint density at radius 1 is 1.15 bits per heavy atom. The van der Waals surface area contributed by atoms with Crippen LogP contribution in [0.3, 0.4) is 0 Å². The number of carbonyl (C=O) groups excluding carboxylic acids is 1. The van der Waals surface area contributed by atoms with Crippen LogP contribution >= 0.6 is 11.6 Å². The Balaban J connectivity index is 0.000000330. The average Bonchev–Trinajstić information content (AvgIpc) is 3.27. The van der Waals surface area contributed by atoms with E-state index in [1.54, 1.807) is 26.2 Å². The number of hydrogen-bond donors (Lipinski definition) is 0. The van der Waals surface area contributed by atoms with Gasteiger partial charge >= 0.3 is 31.1 Å². The predicted octanol–water partition coefficient (Wildman–Crippen LogP) is 6.21. The minimum absolute atomic E-state index is 0. The van der Waals surface area contributed by atoms with Gasteiger partial charge in [-0.25, -0.2) is 0 Å². The molecular formula is C27H31ClN2O2U. The zero-order valence-corrected chi connectivity index (χ0v) is 24.3. The molecule has 0 radical (unpaired) electrons. The van der Waals surface area contributed by atoms with Crippen LogP contribution in [0.2, 0.25) is 5.02 Å². The molecule has 3 heterocycles. The summed E-state index contributed by atoms with van der Waals surface area (Å²) in [6.45, 7) is 3.71. The van der Waals surface area contributed by atoms with Gasteiger partial charge < -0.3 is 20.6 Å². The van der Waals surface area contributed by atoms with E-state index in [-0.39, 0.29) is 36.9 Å². The van der Waals surface area contributed by atoms with E-state index in [4.69, 9.17) is 16.3 Å². The summed E-state index contributed by atoms with van der Waals surface area (Å²) in [5, 5.41) is 1.67. The van der Waals surface area contributed by atoms with Gasteiger partial charge in [0.2, 0.25) is 0 Å². The molecule has 2 aliphatic rings. The van der Waals surface area contributed by atoms with Gasteiger partial charge in [0.1, 0.15) is 5.75 Å². The summed E-state index contributed by atoms with van der Waals surface area (Å²) in [4.78, 5) is 14.7. The topological polar surface area (TPSA) is 34.5 Å². The van der Waals surface area contributed by atoms with Gasteiger partial charge in [-0.05, 0) is 44.3 Å². The number of carbonyl (C=O) groups is 1. The van der Waals surface area contributed by atoms with Crippen molar-refractivity contribution in [3.05, 3.63) is 71.7 Å². The van der Waals surface area contributed by atoms with Crippen LogP contribution in [0.15, 0.2) is 48.7 Å². The number of fused-ring (bicyclic) bond motifs is 3. The Kier molecular flexibility index (Phi) is 9.95. The molecule has 1 aromatic heterocycles. The molecule has 5 rings (SSSR count). The van der Waals surface area contributed by atoms with Crippen LogP contribution in [0, 0.1) is 43.6 Å². The Hall–Kier alpha value is -1.25. The first kappa shape index (κ1) is 26.4. The van der Waals surface area contributed by atoms with E-state index < -0.39 is 0 Å². The van der Waals surface area contributed by atoms with E-state index >= 15 is 0 Å². The molecule has 33 heavy (non-hydrogen) atoms. The number of piperidine rings is 1. The molecule has 0 N–H and O–H groups in total. The maximum Gasteiger partial charge on any atom is 2.00 e. The maximum atomic E-state index is 12.0. The molecule has 0 amide bonds. The van der Waals surface area contributed by atoms with Crippen molar-refractivity contribution in [2.24, 2.45) is 0 Å². The number of ether oxygens (including phenoxy) is 1. The fourth-order valence-electron chi connectivity index (χ4n) is 5.11. The van der Waals surface area contributed by atoms with Gasteiger partial charge in [0, 0.05) is 30.2 Å². The average molecular weight is 689 g/mol. The summed E-state index contributed by atoms with van der Waals surface area (Å²) in [6.07, 6.45) is 10.8. The van der Waals surface area contributed by atoms with Gasteiger partial charge in [-0.15, -0.1) is 11.6 Å². The molecule has 2 fully saturated rings. The summed E-state index contributed by atoms with van der Waals surface area (Å²) in [5.74, 6) is 0.958. The molecule has 2 aliphatic heterocycles. The van der Waals surface area contributed by atoms with Crippen molar-refractivity contribution < 1.29 is 40.6 Å². The van der Waals surface area contributed by atoms with Crippen molar-refractivity contribution in [1.82, 2.24) is 9.47 Å². The largest absolute Gasteiger partial charge is 2.00 e. The van der Waals surface area contributed by atoms with Crippen LogP contribution in [0.5, 0.6) is 5.75 Å². The molecular weight excluding hydrogens is 658 g/mol. The van der Waals surface area contributed by atoms with E-state index in [0.717, 1.165) is 53.8 Å². The Bertz CT molecular complexity index is 1040. The Morgan fingerprint density at radius 3 is 2.48 bits per heavy atom. The number of nitrogens with zero attached hydrogens (tertiary/aromatic N) is 2. The Labute approximate surface area is 226 Å². The van der Waals surface area contributed by atoms with Crippen LogP contribution < -0.4 is 4.74 Å². The van der Waals surface area contributed by atoms with Gasteiger partial charge in [-0.1, -0.05) is 17.2 Å². The van der Waals surface area contributed by atoms with E-state index in [0.29, 0.717) is 5.02 Å². The van der Waals surface area contributed by atoms with Crippen LogP contribution in [0.1, 0.15) is 49.4 Å². The molecule has 2 aromatic carbocycles. The third kappa shape index (κ3) is 6.25. The molecule has 0 saturated carbocycles. The van der Waals surface area contributed by atoms with E-state index in [1.165, 1.54) is 25.7 Å². The number of methoxy groups -OCH3 is 1. The van der Waals surface area contributed by atoms with Crippen LogP contribution in [0.4, 0.5) is 0 Å². The number of aryl methyl sites for hydroxylation is 1. The molecule has 0 aliphatic carbocycles. The zero-order valence-electron chi connectivity index (χ0n) is 19.4. The second-order valence-electron chi connectivity index (χ2n) is 8.60. The summed E-state index contributed by atoms with van der Waals surface area (Å²) in [6, 6.07) is 17.6. The molecule has 6 heteroatoms. The number of halogens is 1. The first-order valence-electron chi connectivity index (χ1n) is 11.4. The van der Waals surface area contributed by atoms with Gasteiger partial charge in [-0.2, -0.15) is 43.2 Å². The quantitative estimate of drug-likeness (QED) is 0.228. The summed E-state index contributed by atoms with van der Waals surface area (Å²) >= 11 is 5.48. The Morgan fingerprint density at radius 2 is 1.91 bits per heavy atom. The third-order valence-electron chi connectivity index (χ3n) is 6.60. The first-order valence-corrected chi connectivity index (χ1v) is 11.8. The monoisotopic (exact) mass is 688 g/mol.